The first-order chi connectivity index (χ1) is 19.4. The summed E-state index contributed by atoms with van der Waals surface area (Å²) in [6, 6.07) is 8.58. The smallest absolute Gasteiger partial charge is 0.192 e. The van der Waals surface area contributed by atoms with Crippen LogP contribution in [0.4, 0.5) is 0 Å². The van der Waals surface area contributed by atoms with Gasteiger partial charge >= 0.3 is 0 Å². The number of benzene rings is 1. The molecule has 42 heavy (non-hydrogen) atoms. The molecule has 0 aliphatic heterocycles. The van der Waals surface area contributed by atoms with E-state index in [2.05, 4.69) is 99.7 Å². The van der Waals surface area contributed by atoms with Gasteiger partial charge in [0.05, 0.1) is 17.9 Å². The molecule has 0 saturated heterocycles. The second kappa shape index (κ2) is 12.1. The van der Waals surface area contributed by atoms with Gasteiger partial charge in [-0.2, -0.15) is 0 Å². The Bertz CT molecular complexity index is 1230. The number of pyridine rings is 1. The summed E-state index contributed by atoms with van der Waals surface area (Å²) in [5, 5.41) is 12.5. The molecule has 3 atom stereocenters. The van der Waals surface area contributed by atoms with Gasteiger partial charge in [0, 0.05) is 23.9 Å². The fraction of sp³-hybridized carbons (Fsp3) is 0.703. The Morgan fingerprint density at radius 1 is 0.952 bits per heavy atom. The lowest BCUT2D eigenvalue weighted by molar-refractivity contribution is 0.0974. The fourth-order valence-electron chi connectivity index (χ4n) is 6.83. The van der Waals surface area contributed by atoms with Crippen molar-refractivity contribution in [1.29, 1.82) is 0 Å². The molecule has 1 fully saturated rings. The van der Waals surface area contributed by atoms with E-state index >= 15 is 0 Å². The van der Waals surface area contributed by atoms with Gasteiger partial charge in [0.2, 0.25) is 0 Å². The Hall–Kier alpha value is -1.53. The first kappa shape index (κ1) is 33.4. The van der Waals surface area contributed by atoms with Crippen LogP contribution < -0.4 is 0 Å². The lowest BCUT2D eigenvalue weighted by atomic mass is 9.69. The van der Waals surface area contributed by atoms with Crippen LogP contribution in [-0.4, -0.2) is 25.5 Å². The molecule has 1 heterocycles. The van der Waals surface area contributed by atoms with Gasteiger partial charge in [-0.3, -0.25) is 4.98 Å². The summed E-state index contributed by atoms with van der Waals surface area (Å²) < 4.78 is 13.3. The minimum atomic E-state index is -2.09. The van der Waals surface area contributed by atoms with Crippen molar-refractivity contribution in [3.05, 3.63) is 63.5 Å². The molecular weight excluding hydrogens is 534 g/mol. The maximum absolute atomic E-state index is 12.3. The van der Waals surface area contributed by atoms with Crippen LogP contribution in [0.15, 0.2) is 24.3 Å². The Labute approximate surface area is 258 Å². The molecule has 4 rings (SSSR count). The third kappa shape index (κ3) is 6.90. The molecule has 2 unspecified atom stereocenters. The van der Waals surface area contributed by atoms with E-state index in [9.17, 15) is 5.11 Å². The molecule has 1 aromatic carbocycles. The lowest BCUT2D eigenvalue weighted by Crippen LogP contribution is -2.44. The minimum Gasteiger partial charge on any atom is -0.410 e. The summed E-state index contributed by atoms with van der Waals surface area (Å²) in [5.41, 5.74) is 7.97. The zero-order valence-electron chi connectivity index (χ0n) is 28.8. The Morgan fingerprint density at radius 2 is 1.55 bits per heavy atom. The van der Waals surface area contributed by atoms with E-state index in [4.69, 9.17) is 14.1 Å². The Morgan fingerprint density at radius 3 is 2.07 bits per heavy atom. The van der Waals surface area contributed by atoms with Crippen LogP contribution in [0.25, 0.3) is 0 Å². The molecule has 2 aliphatic rings. The molecule has 234 valence electrons. The lowest BCUT2D eigenvalue weighted by Gasteiger charge is -2.46. The highest BCUT2D eigenvalue weighted by atomic mass is 28.4. The first-order valence-corrected chi connectivity index (χ1v) is 19.3. The quantitative estimate of drug-likeness (QED) is 0.325. The van der Waals surface area contributed by atoms with Crippen LogP contribution >= 0.6 is 0 Å². The summed E-state index contributed by atoms with van der Waals surface area (Å²) in [6.45, 7) is 25.2. The summed E-state index contributed by atoms with van der Waals surface area (Å²) in [5.74, 6) is 0.392. The van der Waals surface area contributed by atoms with Gasteiger partial charge in [0.25, 0.3) is 0 Å². The molecule has 1 aromatic heterocycles. The second-order valence-corrected chi connectivity index (χ2v) is 21.3. The largest absolute Gasteiger partial charge is 0.410 e. The molecule has 1 N–H and O–H groups in total. The van der Waals surface area contributed by atoms with Crippen molar-refractivity contribution in [2.45, 2.75) is 155 Å². The second-order valence-electron chi connectivity index (χ2n) is 16.6. The molecule has 0 amide bonds. The first-order valence-electron chi connectivity index (χ1n) is 16.4. The zero-order chi connectivity index (χ0) is 31.3. The van der Waals surface area contributed by atoms with Gasteiger partial charge < -0.3 is 14.3 Å². The number of hydrogen-bond donors (Lipinski definition) is 1. The van der Waals surface area contributed by atoms with Crippen LogP contribution in [-0.2, 0) is 21.0 Å². The van der Waals surface area contributed by atoms with Gasteiger partial charge in [-0.25, -0.2) is 0 Å². The van der Waals surface area contributed by atoms with E-state index in [1.165, 1.54) is 36.0 Å². The number of fused-ring (bicyclic) bond motifs is 1. The number of nitrogens with zero attached hydrogens (tertiary/aromatic N) is 1. The summed E-state index contributed by atoms with van der Waals surface area (Å²) in [6.07, 6.45) is 6.92. The Kier molecular flexibility index (Phi) is 9.61. The van der Waals surface area contributed by atoms with Crippen LogP contribution in [0.5, 0.6) is 0 Å². The predicted molar refractivity (Wildman–Crippen MR) is 178 cm³/mol. The fourth-order valence-corrected chi connectivity index (χ4v) is 8.10. The number of hydrogen-bond acceptors (Lipinski definition) is 4. The number of methoxy groups -OCH3 is 1. The van der Waals surface area contributed by atoms with Crippen molar-refractivity contribution in [2.75, 3.05) is 7.11 Å². The number of rotatable bonds is 7. The molecule has 0 spiro atoms. The third-order valence-electron chi connectivity index (χ3n) is 10.5. The molecule has 0 radical (unpaired) electrons. The average molecular weight is 594 g/mol. The SMILES string of the molecule is COC(C)c1nc2c(c(C3CCCCC3)c1C(O)c1ccc(C(C)(C)C)cc1)[C@@H](O[Si](C)(C)C(C)(C)C)CC(C)(C)C2. The van der Waals surface area contributed by atoms with Crippen molar-refractivity contribution in [3.63, 3.8) is 0 Å². The van der Waals surface area contributed by atoms with Crippen LogP contribution in [0.2, 0.25) is 18.1 Å². The molecule has 4 nitrogen and oxygen atoms in total. The van der Waals surface area contributed by atoms with Crippen molar-refractivity contribution < 1.29 is 14.3 Å². The van der Waals surface area contributed by atoms with Gasteiger partial charge in [0.1, 0.15) is 6.10 Å². The van der Waals surface area contributed by atoms with Crippen molar-refractivity contribution >= 4 is 8.32 Å². The summed E-state index contributed by atoms with van der Waals surface area (Å²) in [7, 11) is -0.328. The van der Waals surface area contributed by atoms with Crippen molar-refractivity contribution in [3.8, 4) is 0 Å². The predicted octanol–water partition coefficient (Wildman–Crippen LogP) is 10.3. The third-order valence-corrected chi connectivity index (χ3v) is 15.0. The van der Waals surface area contributed by atoms with Crippen molar-refractivity contribution in [1.82, 2.24) is 4.98 Å². The van der Waals surface area contributed by atoms with E-state index < -0.39 is 14.4 Å². The minimum absolute atomic E-state index is 0.0183. The zero-order valence-corrected chi connectivity index (χ0v) is 29.8. The van der Waals surface area contributed by atoms with E-state index in [1.807, 2.05) is 0 Å². The molecule has 2 aromatic rings. The molecule has 0 bridgehead atoms. The molecule has 2 aliphatic carbocycles. The normalized spacial score (nSPS) is 21.6. The van der Waals surface area contributed by atoms with Crippen LogP contribution in [0.1, 0.15) is 164 Å². The van der Waals surface area contributed by atoms with E-state index in [-0.39, 0.29) is 28.1 Å². The monoisotopic (exact) mass is 593 g/mol. The van der Waals surface area contributed by atoms with Gasteiger partial charge in [0.15, 0.2) is 8.32 Å². The maximum atomic E-state index is 12.3. The number of aromatic nitrogens is 1. The highest BCUT2D eigenvalue weighted by molar-refractivity contribution is 6.74. The van der Waals surface area contributed by atoms with E-state index in [0.29, 0.717) is 5.92 Å². The highest BCUT2D eigenvalue weighted by Gasteiger charge is 2.45. The average Bonchev–Trinajstić information content (AvgIpc) is 2.89. The topological polar surface area (TPSA) is 51.6 Å². The molecule has 5 heteroatoms. The molecule has 1 saturated carbocycles. The van der Waals surface area contributed by atoms with E-state index in [1.54, 1.807) is 7.11 Å². The highest BCUT2D eigenvalue weighted by Crippen LogP contribution is 2.53. The molecular formula is C37H59NO3Si. The van der Waals surface area contributed by atoms with Gasteiger partial charge in [-0.05, 0) is 84.2 Å². The van der Waals surface area contributed by atoms with Crippen molar-refractivity contribution in [2.24, 2.45) is 5.41 Å². The van der Waals surface area contributed by atoms with Gasteiger partial charge in [-0.15, -0.1) is 0 Å². The summed E-state index contributed by atoms with van der Waals surface area (Å²) in [4.78, 5) is 5.43. The number of ether oxygens (including phenoxy) is 1. The Balaban J connectivity index is 2.00. The van der Waals surface area contributed by atoms with Crippen LogP contribution in [0.3, 0.4) is 0 Å². The standard InChI is InChI=1S/C37H59NO3Si/c1-24(40-10)33-32(34(39)26-18-20-27(21-19-26)35(2,3)4)30(25-16-14-13-15-17-25)31-28(38-33)22-37(8,9)23-29(31)41-42(11,12)36(5,6)7/h18-21,24-25,29,34,39H,13-17,22-23H2,1-12H3/t24?,29-,34?/m0/s1. The van der Waals surface area contributed by atoms with E-state index in [0.717, 1.165) is 48.2 Å². The number of aliphatic hydroxyl groups excluding tert-OH is 1. The summed E-state index contributed by atoms with van der Waals surface area (Å²) >= 11 is 0. The number of aliphatic hydroxyl groups is 1. The van der Waals surface area contributed by atoms with Gasteiger partial charge in [-0.1, -0.05) is 98.9 Å². The van der Waals surface area contributed by atoms with Crippen LogP contribution in [0, 0.1) is 5.41 Å². The maximum Gasteiger partial charge on any atom is 0.192 e.